The molecular formula is C22H17F3O4S. The first kappa shape index (κ1) is 20.4. The van der Waals surface area contributed by atoms with Crippen molar-refractivity contribution in [3.05, 3.63) is 83.9 Å². The second kappa shape index (κ2) is 7.77. The molecule has 0 radical (unpaired) electrons. The standard InChI is InChI=1S/C22H17F3O4S/c23-22(24,25)17-11-9-15(10-12-17)20-8-4-5-16-13-18(29-21(16)20)14-28-30(26,27)19-6-2-1-3-7-19/h1-12,18H,13-14H2. The maximum Gasteiger partial charge on any atom is 0.416 e. The zero-order valence-electron chi connectivity index (χ0n) is 15.6. The number of para-hydroxylation sites is 1. The van der Waals surface area contributed by atoms with Gasteiger partial charge in [-0.1, -0.05) is 48.5 Å². The maximum absolute atomic E-state index is 12.8. The van der Waals surface area contributed by atoms with Gasteiger partial charge in [0.15, 0.2) is 0 Å². The van der Waals surface area contributed by atoms with Crippen molar-refractivity contribution < 1.29 is 30.5 Å². The van der Waals surface area contributed by atoms with Gasteiger partial charge in [0.2, 0.25) is 0 Å². The molecule has 4 nitrogen and oxygen atoms in total. The first-order valence-electron chi connectivity index (χ1n) is 9.15. The highest BCUT2D eigenvalue weighted by molar-refractivity contribution is 7.86. The van der Waals surface area contributed by atoms with E-state index in [0.29, 0.717) is 23.3 Å². The summed E-state index contributed by atoms with van der Waals surface area (Å²) in [6.45, 7) is -0.168. The molecule has 0 fully saturated rings. The number of fused-ring (bicyclic) bond motifs is 1. The fraction of sp³-hybridized carbons (Fsp3) is 0.182. The van der Waals surface area contributed by atoms with Crippen LogP contribution in [-0.2, 0) is 26.9 Å². The molecule has 0 saturated carbocycles. The molecule has 1 aliphatic heterocycles. The number of benzene rings is 3. The van der Waals surface area contributed by atoms with Gasteiger partial charge in [0.25, 0.3) is 10.1 Å². The van der Waals surface area contributed by atoms with Crippen LogP contribution < -0.4 is 4.74 Å². The summed E-state index contributed by atoms with van der Waals surface area (Å²) in [5.41, 5.74) is 1.35. The van der Waals surface area contributed by atoms with E-state index in [1.807, 2.05) is 6.07 Å². The molecule has 156 valence electrons. The topological polar surface area (TPSA) is 52.6 Å². The second-order valence-corrected chi connectivity index (χ2v) is 8.48. The molecule has 1 unspecified atom stereocenters. The Balaban J connectivity index is 1.50. The quantitative estimate of drug-likeness (QED) is 0.526. The van der Waals surface area contributed by atoms with Crippen molar-refractivity contribution in [2.24, 2.45) is 0 Å². The lowest BCUT2D eigenvalue weighted by atomic mass is 9.99. The Bertz CT molecular complexity index is 1140. The van der Waals surface area contributed by atoms with Gasteiger partial charge in [0.1, 0.15) is 18.5 Å². The molecule has 0 aromatic heterocycles. The van der Waals surface area contributed by atoms with E-state index >= 15 is 0 Å². The Morgan fingerprint density at radius 1 is 0.933 bits per heavy atom. The van der Waals surface area contributed by atoms with Crippen LogP contribution in [0.25, 0.3) is 11.1 Å². The molecule has 4 rings (SSSR count). The maximum atomic E-state index is 12.8. The molecule has 1 aliphatic rings. The van der Waals surface area contributed by atoms with Crippen LogP contribution in [0.2, 0.25) is 0 Å². The highest BCUT2D eigenvalue weighted by Gasteiger charge is 2.31. The molecule has 0 spiro atoms. The number of ether oxygens (including phenoxy) is 1. The van der Waals surface area contributed by atoms with Crippen LogP contribution in [0.5, 0.6) is 5.75 Å². The molecule has 1 heterocycles. The second-order valence-electron chi connectivity index (χ2n) is 6.86. The number of halogens is 3. The molecule has 0 saturated heterocycles. The monoisotopic (exact) mass is 434 g/mol. The van der Waals surface area contributed by atoms with Gasteiger partial charge in [-0.2, -0.15) is 21.6 Å². The van der Waals surface area contributed by atoms with Crippen molar-refractivity contribution in [1.82, 2.24) is 0 Å². The summed E-state index contributed by atoms with van der Waals surface area (Å²) in [6, 6.07) is 18.0. The molecule has 3 aromatic carbocycles. The van der Waals surface area contributed by atoms with Crippen molar-refractivity contribution >= 4 is 10.1 Å². The first-order chi connectivity index (χ1) is 14.2. The smallest absolute Gasteiger partial charge is 0.416 e. The van der Waals surface area contributed by atoms with Crippen molar-refractivity contribution in [2.45, 2.75) is 23.6 Å². The molecule has 0 N–H and O–H groups in total. The molecule has 8 heteroatoms. The van der Waals surface area contributed by atoms with Gasteiger partial charge in [-0.05, 0) is 35.4 Å². The SMILES string of the molecule is O=S(=O)(OCC1Cc2cccc(-c3ccc(C(F)(F)F)cc3)c2O1)c1ccccc1. The van der Waals surface area contributed by atoms with Crippen molar-refractivity contribution in [3.8, 4) is 16.9 Å². The van der Waals surface area contributed by atoms with Crippen LogP contribution in [0.3, 0.4) is 0 Å². The highest BCUT2D eigenvalue weighted by Crippen LogP contribution is 2.40. The fourth-order valence-electron chi connectivity index (χ4n) is 3.32. The van der Waals surface area contributed by atoms with E-state index < -0.39 is 28.0 Å². The van der Waals surface area contributed by atoms with Gasteiger partial charge in [-0.25, -0.2) is 0 Å². The number of hydrogen-bond donors (Lipinski definition) is 0. The Kier molecular flexibility index (Phi) is 5.29. The van der Waals surface area contributed by atoms with Crippen LogP contribution in [0, 0.1) is 0 Å². The summed E-state index contributed by atoms with van der Waals surface area (Å²) >= 11 is 0. The van der Waals surface area contributed by atoms with Gasteiger partial charge in [0.05, 0.1) is 10.5 Å². The van der Waals surface area contributed by atoms with Gasteiger partial charge in [0, 0.05) is 12.0 Å². The van der Waals surface area contributed by atoms with Gasteiger partial charge in [-0.15, -0.1) is 0 Å². The average Bonchev–Trinajstić information content (AvgIpc) is 3.16. The van der Waals surface area contributed by atoms with Crippen LogP contribution in [0.15, 0.2) is 77.7 Å². The first-order valence-corrected chi connectivity index (χ1v) is 10.6. The molecular weight excluding hydrogens is 417 g/mol. The van der Waals surface area contributed by atoms with Crippen molar-refractivity contribution in [1.29, 1.82) is 0 Å². The molecule has 30 heavy (non-hydrogen) atoms. The minimum atomic E-state index is -4.40. The molecule has 0 amide bonds. The minimum absolute atomic E-state index is 0.0611. The van der Waals surface area contributed by atoms with Gasteiger partial charge in [-0.3, -0.25) is 4.18 Å². The van der Waals surface area contributed by atoms with Crippen LogP contribution in [0.1, 0.15) is 11.1 Å². The van der Waals surface area contributed by atoms with E-state index in [0.717, 1.165) is 17.7 Å². The Hall–Kier alpha value is -2.84. The summed E-state index contributed by atoms with van der Waals surface area (Å²) in [5, 5.41) is 0. The third kappa shape index (κ3) is 4.20. The summed E-state index contributed by atoms with van der Waals surface area (Å²) in [7, 11) is -3.90. The Morgan fingerprint density at radius 3 is 2.30 bits per heavy atom. The van der Waals surface area contributed by atoms with Crippen molar-refractivity contribution in [3.63, 3.8) is 0 Å². The Labute approximate surface area is 172 Å². The summed E-state index contributed by atoms with van der Waals surface area (Å²) in [5.74, 6) is 0.531. The predicted molar refractivity (Wildman–Crippen MR) is 105 cm³/mol. The molecule has 0 bridgehead atoms. The minimum Gasteiger partial charge on any atom is -0.487 e. The van der Waals surface area contributed by atoms with Gasteiger partial charge < -0.3 is 4.74 Å². The predicted octanol–water partition coefficient (Wildman–Crippen LogP) is 5.08. The lowest BCUT2D eigenvalue weighted by Gasteiger charge is -2.14. The zero-order valence-corrected chi connectivity index (χ0v) is 16.4. The number of alkyl halides is 3. The van der Waals surface area contributed by atoms with Crippen molar-refractivity contribution in [2.75, 3.05) is 6.61 Å². The summed E-state index contributed by atoms with van der Waals surface area (Å²) in [6.07, 6.45) is -4.48. The normalized spacial score (nSPS) is 16.2. The Morgan fingerprint density at radius 2 is 1.63 bits per heavy atom. The highest BCUT2D eigenvalue weighted by atomic mass is 32.2. The summed E-state index contributed by atoms with van der Waals surface area (Å²) in [4.78, 5) is 0.0611. The zero-order chi connectivity index (χ0) is 21.4. The van der Waals surface area contributed by atoms with E-state index in [2.05, 4.69) is 0 Å². The van der Waals surface area contributed by atoms with Crippen LogP contribution in [-0.4, -0.2) is 21.1 Å². The lowest BCUT2D eigenvalue weighted by molar-refractivity contribution is -0.137. The third-order valence-corrected chi connectivity index (χ3v) is 6.09. The largest absolute Gasteiger partial charge is 0.487 e. The number of rotatable bonds is 5. The van der Waals surface area contributed by atoms with Crippen LogP contribution in [0.4, 0.5) is 13.2 Å². The van der Waals surface area contributed by atoms with E-state index in [1.54, 1.807) is 30.3 Å². The number of hydrogen-bond acceptors (Lipinski definition) is 4. The van der Waals surface area contributed by atoms with E-state index in [9.17, 15) is 21.6 Å². The fourth-order valence-corrected chi connectivity index (χ4v) is 4.28. The van der Waals surface area contributed by atoms with E-state index in [4.69, 9.17) is 8.92 Å². The third-order valence-electron chi connectivity index (χ3n) is 4.79. The molecule has 1 atom stereocenters. The van der Waals surface area contributed by atoms with Crippen LogP contribution >= 0.6 is 0 Å². The molecule has 0 aliphatic carbocycles. The summed E-state index contributed by atoms with van der Waals surface area (Å²) < 4.78 is 74.1. The lowest BCUT2D eigenvalue weighted by Crippen LogP contribution is -2.23. The van der Waals surface area contributed by atoms with E-state index in [-0.39, 0.29) is 11.5 Å². The molecule has 3 aromatic rings. The average molecular weight is 434 g/mol. The van der Waals surface area contributed by atoms with E-state index in [1.165, 1.54) is 24.3 Å². The van der Waals surface area contributed by atoms with Gasteiger partial charge >= 0.3 is 6.18 Å².